The van der Waals surface area contributed by atoms with E-state index in [-0.39, 0.29) is 6.10 Å². The molecule has 2 aliphatic carbocycles. The molecule has 17 heavy (non-hydrogen) atoms. The average molecular weight is 232 g/mol. The third kappa shape index (κ3) is 2.06. The number of aliphatic hydroxyl groups is 1. The highest BCUT2D eigenvalue weighted by Crippen LogP contribution is 2.57. The number of fused-ring (bicyclic) bond motifs is 1. The van der Waals surface area contributed by atoms with Crippen molar-refractivity contribution in [3.63, 3.8) is 0 Å². The molecule has 3 unspecified atom stereocenters. The molecule has 2 fully saturated rings. The summed E-state index contributed by atoms with van der Waals surface area (Å²) in [5, 5.41) is 10.5. The second-order valence-electron chi connectivity index (χ2n) is 5.40. The van der Waals surface area contributed by atoms with E-state index < -0.39 is 0 Å². The molecule has 3 atom stereocenters. The van der Waals surface area contributed by atoms with E-state index in [1.54, 1.807) is 0 Å². The molecule has 2 nitrogen and oxygen atoms in total. The van der Waals surface area contributed by atoms with Gasteiger partial charge in [-0.2, -0.15) is 0 Å². The van der Waals surface area contributed by atoms with Gasteiger partial charge in [-0.3, -0.25) is 0 Å². The Morgan fingerprint density at radius 2 is 1.94 bits per heavy atom. The zero-order chi connectivity index (χ0) is 11.8. The summed E-state index contributed by atoms with van der Waals surface area (Å²) in [6, 6.07) is 7.90. The van der Waals surface area contributed by atoms with Crippen molar-refractivity contribution in [2.75, 3.05) is 6.61 Å². The number of aliphatic hydroxyl groups excluding tert-OH is 1. The lowest BCUT2D eigenvalue weighted by atomic mass is 9.91. The Morgan fingerprint density at radius 3 is 2.65 bits per heavy atom. The summed E-state index contributed by atoms with van der Waals surface area (Å²) in [4.78, 5) is 0. The fourth-order valence-corrected chi connectivity index (χ4v) is 3.29. The van der Waals surface area contributed by atoms with Crippen LogP contribution in [0.3, 0.4) is 0 Å². The molecule has 2 aliphatic rings. The molecule has 0 amide bonds. The van der Waals surface area contributed by atoms with E-state index in [9.17, 15) is 5.11 Å². The van der Waals surface area contributed by atoms with Gasteiger partial charge < -0.3 is 9.84 Å². The maximum absolute atomic E-state index is 10.5. The normalized spacial score (nSPS) is 32.0. The van der Waals surface area contributed by atoms with Crippen LogP contribution in [0.25, 0.3) is 0 Å². The highest BCUT2D eigenvalue weighted by molar-refractivity contribution is 5.35. The molecule has 1 aromatic rings. The Hall–Kier alpha value is -1.02. The summed E-state index contributed by atoms with van der Waals surface area (Å²) in [6.07, 6.45) is 3.46. The molecule has 0 bridgehead atoms. The van der Waals surface area contributed by atoms with Gasteiger partial charge >= 0.3 is 0 Å². The maximum atomic E-state index is 10.5. The van der Waals surface area contributed by atoms with Crippen molar-refractivity contribution < 1.29 is 9.84 Å². The molecule has 0 aromatic heterocycles. The minimum Gasteiger partial charge on any atom is -0.493 e. The van der Waals surface area contributed by atoms with E-state index >= 15 is 0 Å². The van der Waals surface area contributed by atoms with E-state index in [0.717, 1.165) is 23.1 Å². The fraction of sp³-hybridized carbons (Fsp3) is 0.600. The lowest BCUT2D eigenvalue weighted by molar-refractivity contribution is 0.101. The summed E-state index contributed by atoms with van der Waals surface area (Å²) in [7, 11) is 0. The first-order valence-electron chi connectivity index (χ1n) is 6.69. The van der Waals surface area contributed by atoms with Gasteiger partial charge in [0.05, 0.1) is 12.7 Å². The predicted molar refractivity (Wildman–Crippen MR) is 66.9 cm³/mol. The topological polar surface area (TPSA) is 29.5 Å². The average Bonchev–Trinajstić information content (AvgIpc) is 2.96. The van der Waals surface area contributed by atoms with Crippen LogP contribution in [0, 0.1) is 17.8 Å². The van der Waals surface area contributed by atoms with Crippen LogP contribution in [0.2, 0.25) is 0 Å². The Morgan fingerprint density at radius 1 is 1.24 bits per heavy atom. The number of hydrogen-bond acceptors (Lipinski definition) is 2. The number of rotatable bonds is 4. The van der Waals surface area contributed by atoms with Crippen molar-refractivity contribution in [1.29, 1.82) is 0 Å². The molecule has 0 aliphatic heterocycles. The van der Waals surface area contributed by atoms with Crippen molar-refractivity contribution in [3.05, 3.63) is 29.8 Å². The van der Waals surface area contributed by atoms with E-state index in [1.165, 1.54) is 19.3 Å². The molecule has 0 radical (unpaired) electrons. The Kier molecular flexibility index (Phi) is 2.83. The molecule has 2 saturated carbocycles. The number of para-hydroxylation sites is 1. The van der Waals surface area contributed by atoms with Crippen LogP contribution in [-0.2, 0) is 0 Å². The molecule has 1 N–H and O–H groups in total. The standard InChI is InChI=1S/C15H20O2/c1-2-17-14-6-4-3-5-13(14)15(16)12-8-10-7-11(10)9-12/h3-6,10-12,15-16H,2,7-9H2,1H3. The Labute approximate surface area is 103 Å². The highest BCUT2D eigenvalue weighted by Gasteiger charge is 2.48. The molecular weight excluding hydrogens is 212 g/mol. The highest BCUT2D eigenvalue weighted by atomic mass is 16.5. The van der Waals surface area contributed by atoms with Gasteiger partial charge in [-0.15, -0.1) is 0 Å². The SMILES string of the molecule is CCOc1ccccc1C(O)C1CC2CC2C1. The summed E-state index contributed by atoms with van der Waals surface area (Å²) in [5.41, 5.74) is 0.973. The number of ether oxygens (including phenoxy) is 1. The second-order valence-corrected chi connectivity index (χ2v) is 5.40. The Bertz CT molecular complexity index is 392. The van der Waals surface area contributed by atoms with Crippen molar-refractivity contribution in [2.45, 2.75) is 32.3 Å². The van der Waals surface area contributed by atoms with Gasteiger partial charge in [-0.05, 0) is 50.0 Å². The van der Waals surface area contributed by atoms with Gasteiger partial charge in [0.2, 0.25) is 0 Å². The lowest BCUT2D eigenvalue weighted by Gasteiger charge is -2.22. The summed E-state index contributed by atoms with van der Waals surface area (Å²) in [6.45, 7) is 2.63. The van der Waals surface area contributed by atoms with Crippen molar-refractivity contribution >= 4 is 0 Å². The summed E-state index contributed by atoms with van der Waals surface area (Å²) < 4.78 is 5.60. The van der Waals surface area contributed by atoms with Crippen molar-refractivity contribution in [1.82, 2.24) is 0 Å². The Balaban J connectivity index is 1.77. The van der Waals surface area contributed by atoms with Gasteiger partial charge in [-0.1, -0.05) is 18.2 Å². The molecule has 0 heterocycles. The minimum absolute atomic E-state index is 0.342. The zero-order valence-corrected chi connectivity index (χ0v) is 10.3. The monoisotopic (exact) mass is 232 g/mol. The lowest BCUT2D eigenvalue weighted by Crippen LogP contribution is -2.12. The fourth-order valence-electron chi connectivity index (χ4n) is 3.29. The minimum atomic E-state index is -0.342. The van der Waals surface area contributed by atoms with Crippen molar-refractivity contribution in [2.24, 2.45) is 17.8 Å². The van der Waals surface area contributed by atoms with Crippen LogP contribution in [0.4, 0.5) is 0 Å². The van der Waals surface area contributed by atoms with Gasteiger partial charge in [-0.25, -0.2) is 0 Å². The first-order chi connectivity index (χ1) is 8.29. The van der Waals surface area contributed by atoms with Crippen molar-refractivity contribution in [3.8, 4) is 5.75 Å². The molecule has 2 heteroatoms. The summed E-state index contributed by atoms with van der Waals surface area (Å²) >= 11 is 0. The first-order valence-corrected chi connectivity index (χ1v) is 6.69. The van der Waals surface area contributed by atoms with Crippen LogP contribution >= 0.6 is 0 Å². The number of benzene rings is 1. The van der Waals surface area contributed by atoms with Crippen LogP contribution in [-0.4, -0.2) is 11.7 Å². The van der Waals surface area contributed by atoms with Gasteiger partial charge in [0.15, 0.2) is 0 Å². The van der Waals surface area contributed by atoms with E-state index in [0.29, 0.717) is 12.5 Å². The number of hydrogen-bond donors (Lipinski definition) is 1. The van der Waals surface area contributed by atoms with Crippen LogP contribution in [0.15, 0.2) is 24.3 Å². The molecule has 92 valence electrons. The summed E-state index contributed by atoms with van der Waals surface area (Å²) in [5.74, 6) is 3.12. The molecular formula is C15H20O2. The van der Waals surface area contributed by atoms with E-state index in [1.807, 2.05) is 31.2 Å². The largest absolute Gasteiger partial charge is 0.493 e. The predicted octanol–water partition coefficient (Wildman–Crippen LogP) is 3.16. The quantitative estimate of drug-likeness (QED) is 0.864. The molecule has 0 spiro atoms. The van der Waals surface area contributed by atoms with Gasteiger partial charge in [0, 0.05) is 5.56 Å². The first kappa shape index (κ1) is 11.1. The van der Waals surface area contributed by atoms with Crippen LogP contribution in [0.1, 0.15) is 37.9 Å². The van der Waals surface area contributed by atoms with Crippen LogP contribution in [0.5, 0.6) is 5.75 Å². The van der Waals surface area contributed by atoms with Gasteiger partial charge in [0.25, 0.3) is 0 Å². The van der Waals surface area contributed by atoms with E-state index in [4.69, 9.17) is 4.74 Å². The molecule has 3 rings (SSSR count). The smallest absolute Gasteiger partial charge is 0.125 e. The molecule has 0 saturated heterocycles. The third-order valence-corrected chi connectivity index (χ3v) is 4.26. The van der Waals surface area contributed by atoms with Gasteiger partial charge in [0.1, 0.15) is 5.75 Å². The second kappa shape index (κ2) is 4.34. The third-order valence-electron chi connectivity index (χ3n) is 4.26. The van der Waals surface area contributed by atoms with Crippen LogP contribution < -0.4 is 4.74 Å². The maximum Gasteiger partial charge on any atom is 0.125 e. The van der Waals surface area contributed by atoms with E-state index in [2.05, 4.69) is 0 Å². The molecule has 1 aromatic carbocycles. The zero-order valence-electron chi connectivity index (χ0n) is 10.3.